The van der Waals surface area contributed by atoms with E-state index < -0.39 is 0 Å². The molecule has 2 rings (SSSR count). The van der Waals surface area contributed by atoms with E-state index in [2.05, 4.69) is 17.0 Å². The molecule has 0 saturated carbocycles. The van der Waals surface area contributed by atoms with Crippen LogP contribution in [0.15, 0.2) is 36.7 Å². The summed E-state index contributed by atoms with van der Waals surface area (Å²) in [5.74, 6) is 0.812. The minimum atomic E-state index is 0.751. The third-order valence-electron chi connectivity index (χ3n) is 1.53. The van der Waals surface area contributed by atoms with E-state index in [0.717, 1.165) is 11.5 Å². The van der Waals surface area contributed by atoms with Gasteiger partial charge in [-0.3, -0.25) is 0 Å². The molecule has 0 atom stereocenters. The third kappa shape index (κ3) is 1.21. The predicted octanol–water partition coefficient (Wildman–Crippen LogP) is 1.45. The summed E-state index contributed by atoms with van der Waals surface area (Å²) >= 11 is 0. The van der Waals surface area contributed by atoms with Crippen molar-refractivity contribution in [2.45, 2.75) is 0 Å². The van der Waals surface area contributed by atoms with E-state index in [9.17, 15) is 0 Å². The molecule has 0 unspecified atom stereocenters. The molecule has 2 aromatic heterocycles. The lowest BCUT2D eigenvalue weighted by molar-refractivity contribution is 0.840. The molecule has 59 valence electrons. The molecule has 1 radical (unpaired) electrons. The molecule has 0 aliphatic rings. The van der Waals surface area contributed by atoms with Crippen LogP contribution in [-0.4, -0.2) is 14.8 Å². The quantitative estimate of drug-likeness (QED) is 0.628. The van der Waals surface area contributed by atoms with E-state index in [1.54, 1.807) is 10.9 Å². The maximum atomic E-state index is 4.14. The summed E-state index contributed by atoms with van der Waals surface area (Å²) in [6.07, 6.45) is 3.57. The summed E-state index contributed by atoms with van der Waals surface area (Å²) in [7, 11) is 0. The summed E-state index contributed by atoms with van der Waals surface area (Å²) in [5.41, 5.74) is 0.751. The Hall–Kier alpha value is -1.64. The fourth-order valence-corrected chi connectivity index (χ4v) is 0.979. The van der Waals surface area contributed by atoms with E-state index in [0.29, 0.717) is 0 Å². The predicted molar refractivity (Wildman–Crippen MR) is 45.8 cm³/mol. The van der Waals surface area contributed by atoms with Crippen molar-refractivity contribution in [3.63, 3.8) is 0 Å². The highest BCUT2D eigenvalue weighted by molar-refractivity contribution is 5.21. The first-order valence-corrected chi connectivity index (χ1v) is 3.65. The van der Waals surface area contributed by atoms with Gasteiger partial charge in [-0.2, -0.15) is 5.10 Å². The van der Waals surface area contributed by atoms with Gasteiger partial charge < -0.3 is 0 Å². The molecular weight excluding hydrogens is 150 g/mol. The van der Waals surface area contributed by atoms with Crippen molar-refractivity contribution in [2.24, 2.45) is 0 Å². The average molecular weight is 158 g/mol. The number of pyridine rings is 1. The molecule has 0 fully saturated rings. The molecule has 0 spiro atoms. The van der Waals surface area contributed by atoms with Crippen LogP contribution in [0.4, 0.5) is 0 Å². The molecule has 0 N–H and O–H groups in total. The molecule has 0 saturated heterocycles. The molecule has 0 aromatic carbocycles. The summed E-state index contributed by atoms with van der Waals surface area (Å²) in [6.45, 7) is 3.71. The molecule has 0 amide bonds. The number of aromatic nitrogens is 3. The molecular formula is C9H8N3. The molecule has 3 heteroatoms. The van der Waals surface area contributed by atoms with Crippen LogP contribution in [0.2, 0.25) is 0 Å². The fourth-order valence-electron chi connectivity index (χ4n) is 0.979. The molecule has 2 heterocycles. The fraction of sp³-hybridized carbons (Fsp3) is 0. The van der Waals surface area contributed by atoms with Crippen molar-refractivity contribution in [2.75, 3.05) is 0 Å². The minimum Gasteiger partial charge on any atom is -0.237 e. The van der Waals surface area contributed by atoms with Gasteiger partial charge in [0.15, 0.2) is 5.82 Å². The largest absolute Gasteiger partial charge is 0.237 e. The second kappa shape index (κ2) is 2.77. The first-order valence-electron chi connectivity index (χ1n) is 3.65. The average Bonchev–Trinajstić information content (AvgIpc) is 2.54. The summed E-state index contributed by atoms with van der Waals surface area (Å²) in [4.78, 5) is 4.14. The van der Waals surface area contributed by atoms with Crippen LogP contribution in [0.1, 0.15) is 5.69 Å². The van der Waals surface area contributed by atoms with Crippen molar-refractivity contribution in [1.29, 1.82) is 0 Å². The maximum Gasteiger partial charge on any atom is 0.153 e. The zero-order chi connectivity index (χ0) is 8.39. The minimum absolute atomic E-state index is 0.751. The second-order valence-corrected chi connectivity index (χ2v) is 2.44. The molecule has 12 heavy (non-hydrogen) atoms. The molecule has 0 aliphatic heterocycles. The maximum absolute atomic E-state index is 4.14. The normalized spacial score (nSPS) is 10.1. The first kappa shape index (κ1) is 7.03. The SMILES string of the molecule is [CH2]c1ccn(-c2ccccn2)n1. The Kier molecular flexibility index (Phi) is 1.63. The smallest absolute Gasteiger partial charge is 0.153 e. The van der Waals surface area contributed by atoms with Gasteiger partial charge in [-0.05, 0) is 25.1 Å². The summed E-state index contributed by atoms with van der Waals surface area (Å²) < 4.78 is 1.70. The lowest BCUT2D eigenvalue weighted by atomic mass is 10.5. The lowest BCUT2D eigenvalue weighted by Gasteiger charge is -1.96. The molecule has 0 aliphatic carbocycles. The zero-order valence-electron chi connectivity index (χ0n) is 6.51. The Bertz CT molecular complexity index is 364. The lowest BCUT2D eigenvalue weighted by Crippen LogP contribution is -1.96. The monoisotopic (exact) mass is 158 g/mol. The van der Waals surface area contributed by atoms with Crippen LogP contribution in [0.25, 0.3) is 5.82 Å². The van der Waals surface area contributed by atoms with Crippen LogP contribution in [0, 0.1) is 6.92 Å². The van der Waals surface area contributed by atoms with Gasteiger partial charge in [0.05, 0.1) is 5.69 Å². The van der Waals surface area contributed by atoms with Gasteiger partial charge in [0.1, 0.15) is 0 Å². The third-order valence-corrected chi connectivity index (χ3v) is 1.53. The molecule has 0 bridgehead atoms. The molecule has 3 nitrogen and oxygen atoms in total. The van der Waals surface area contributed by atoms with Crippen LogP contribution in [0.3, 0.4) is 0 Å². The zero-order valence-corrected chi connectivity index (χ0v) is 6.51. The Morgan fingerprint density at radius 3 is 2.75 bits per heavy atom. The molecule has 2 aromatic rings. The number of rotatable bonds is 1. The van der Waals surface area contributed by atoms with E-state index in [1.807, 2.05) is 30.5 Å². The van der Waals surface area contributed by atoms with Crippen molar-refractivity contribution in [3.8, 4) is 5.82 Å². The van der Waals surface area contributed by atoms with Gasteiger partial charge >= 0.3 is 0 Å². The van der Waals surface area contributed by atoms with Crippen LogP contribution in [-0.2, 0) is 0 Å². The van der Waals surface area contributed by atoms with Crippen molar-refractivity contribution >= 4 is 0 Å². The Labute approximate surface area is 70.7 Å². The van der Waals surface area contributed by atoms with Gasteiger partial charge in [0.2, 0.25) is 0 Å². The second-order valence-electron chi connectivity index (χ2n) is 2.44. The Balaban J connectivity index is 2.45. The van der Waals surface area contributed by atoms with Gasteiger partial charge in [0, 0.05) is 12.4 Å². The van der Waals surface area contributed by atoms with E-state index in [1.165, 1.54) is 0 Å². The number of nitrogens with zero attached hydrogens (tertiary/aromatic N) is 3. The van der Waals surface area contributed by atoms with E-state index >= 15 is 0 Å². The van der Waals surface area contributed by atoms with Crippen molar-refractivity contribution < 1.29 is 0 Å². The topological polar surface area (TPSA) is 30.7 Å². The van der Waals surface area contributed by atoms with Crippen LogP contribution in [0.5, 0.6) is 0 Å². The van der Waals surface area contributed by atoms with Gasteiger partial charge in [-0.15, -0.1) is 0 Å². The Morgan fingerprint density at radius 2 is 2.17 bits per heavy atom. The van der Waals surface area contributed by atoms with E-state index in [4.69, 9.17) is 0 Å². The Morgan fingerprint density at radius 1 is 1.25 bits per heavy atom. The van der Waals surface area contributed by atoms with Gasteiger partial charge in [-0.1, -0.05) is 6.07 Å². The standard InChI is InChI=1S/C9H8N3/c1-8-5-7-12(11-8)9-4-2-3-6-10-9/h2-7H,1H2. The van der Waals surface area contributed by atoms with Crippen molar-refractivity contribution in [3.05, 3.63) is 49.3 Å². The van der Waals surface area contributed by atoms with Crippen LogP contribution < -0.4 is 0 Å². The van der Waals surface area contributed by atoms with Crippen molar-refractivity contribution in [1.82, 2.24) is 14.8 Å². The number of hydrogen-bond donors (Lipinski definition) is 0. The van der Waals surface area contributed by atoms with E-state index in [-0.39, 0.29) is 0 Å². The number of hydrogen-bond acceptors (Lipinski definition) is 2. The summed E-state index contributed by atoms with van der Waals surface area (Å²) in [6, 6.07) is 7.53. The van der Waals surface area contributed by atoms with Gasteiger partial charge in [0.25, 0.3) is 0 Å². The highest BCUT2D eigenvalue weighted by Gasteiger charge is 1.96. The first-order chi connectivity index (χ1) is 5.86. The highest BCUT2D eigenvalue weighted by Crippen LogP contribution is 2.01. The van der Waals surface area contributed by atoms with Crippen LogP contribution >= 0.6 is 0 Å². The van der Waals surface area contributed by atoms with Gasteiger partial charge in [-0.25, -0.2) is 9.67 Å². The summed E-state index contributed by atoms with van der Waals surface area (Å²) in [5, 5.41) is 4.12. The highest BCUT2D eigenvalue weighted by atomic mass is 15.3.